The van der Waals surface area contributed by atoms with Gasteiger partial charge in [-0.05, 0) is 35.1 Å². The first kappa shape index (κ1) is 20.1. The van der Waals surface area contributed by atoms with Crippen LogP contribution >= 0.6 is 0 Å². The number of hydrogen-bond acceptors (Lipinski definition) is 2. The molecule has 4 rings (SSSR count). The third-order valence-electron chi connectivity index (χ3n) is 6.07. The lowest BCUT2D eigenvalue weighted by Gasteiger charge is -2.43. The van der Waals surface area contributed by atoms with Gasteiger partial charge >= 0.3 is 12.2 Å². The zero-order valence-corrected chi connectivity index (χ0v) is 16.1. The van der Waals surface area contributed by atoms with Crippen LogP contribution in [0.1, 0.15) is 36.3 Å². The van der Waals surface area contributed by atoms with Gasteiger partial charge in [-0.3, -0.25) is 4.90 Å². The predicted octanol–water partition coefficient (Wildman–Crippen LogP) is 4.60. The van der Waals surface area contributed by atoms with E-state index in [4.69, 9.17) is 5.11 Å². The van der Waals surface area contributed by atoms with E-state index in [2.05, 4.69) is 5.32 Å². The molecule has 8 heteroatoms. The third-order valence-corrected chi connectivity index (χ3v) is 6.07. The van der Waals surface area contributed by atoms with E-state index in [0.29, 0.717) is 0 Å². The molecule has 2 atom stereocenters. The monoisotopic (exact) mass is 416 g/mol. The molecule has 1 saturated carbocycles. The van der Waals surface area contributed by atoms with E-state index in [0.717, 1.165) is 27.2 Å². The number of benzene rings is 2. The van der Waals surface area contributed by atoms with Crippen molar-refractivity contribution in [1.82, 2.24) is 10.2 Å². The highest BCUT2D eigenvalue weighted by Crippen LogP contribution is 2.46. The van der Waals surface area contributed by atoms with Crippen LogP contribution in [0.2, 0.25) is 0 Å². The molecule has 2 aromatic rings. The molecule has 0 aromatic heterocycles. The molecule has 0 radical (unpaired) electrons. The SMILES string of the molecule is O=C(O)N[C@H]1CCCC(F)(F)[C@@H]1N(CC1c2ccccc2-c2ccccc21)C(=O)O. The van der Waals surface area contributed by atoms with Crippen LogP contribution in [-0.2, 0) is 0 Å². The van der Waals surface area contributed by atoms with E-state index in [1.807, 2.05) is 48.5 Å². The topological polar surface area (TPSA) is 89.9 Å². The van der Waals surface area contributed by atoms with E-state index in [1.54, 1.807) is 0 Å². The van der Waals surface area contributed by atoms with E-state index < -0.39 is 42.5 Å². The Morgan fingerprint density at radius 2 is 1.60 bits per heavy atom. The highest BCUT2D eigenvalue weighted by atomic mass is 19.3. The minimum atomic E-state index is -3.33. The van der Waals surface area contributed by atoms with Crippen LogP contribution in [0.4, 0.5) is 18.4 Å². The molecule has 30 heavy (non-hydrogen) atoms. The summed E-state index contributed by atoms with van der Waals surface area (Å²) in [6.07, 6.45) is -3.12. The van der Waals surface area contributed by atoms with E-state index in [-0.39, 0.29) is 19.4 Å². The van der Waals surface area contributed by atoms with Crippen molar-refractivity contribution in [2.24, 2.45) is 0 Å². The number of amides is 2. The van der Waals surface area contributed by atoms with Crippen LogP contribution in [0, 0.1) is 0 Å². The van der Waals surface area contributed by atoms with Gasteiger partial charge in [0.05, 0.1) is 6.04 Å². The van der Waals surface area contributed by atoms with Gasteiger partial charge in [-0.1, -0.05) is 48.5 Å². The molecule has 158 valence electrons. The van der Waals surface area contributed by atoms with Crippen LogP contribution in [0.5, 0.6) is 0 Å². The summed E-state index contributed by atoms with van der Waals surface area (Å²) >= 11 is 0. The Morgan fingerprint density at radius 1 is 1.03 bits per heavy atom. The second kappa shape index (κ2) is 7.59. The molecule has 0 bridgehead atoms. The zero-order valence-electron chi connectivity index (χ0n) is 16.1. The fourth-order valence-corrected chi connectivity index (χ4v) is 4.88. The van der Waals surface area contributed by atoms with E-state index in [1.165, 1.54) is 0 Å². The van der Waals surface area contributed by atoms with Crippen LogP contribution in [0.15, 0.2) is 48.5 Å². The summed E-state index contributed by atoms with van der Waals surface area (Å²) in [4.78, 5) is 24.1. The van der Waals surface area contributed by atoms with E-state index >= 15 is 0 Å². The first-order chi connectivity index (χ1) is 14.3. The molecule has 2 aromatic carbocycles. The van der Waals surface area contributed by atoms with Crippen LogP contribution in [0.3, 0.4) is 0 Å². The molecule has 0 unspecified atom stereocenters. The van der Waals surface area contributed by atoms with Crippen molar-refractivity contribution in [3.8, 4) is 11.1 Å². The van der Waals surface area contributed by atoms with Crippen molar-refractivity contribution in [2.45, 2.75) is 43.2 Å². The highest BCUT2D eigenvalue weighted by Gasteiger charge is 2.52. The van der Waals surface area contributed by atoms with E-state index in [9.17, 15) is 23.5 Å². The maximum absolute atomic E-state index is 14.9. The van der Waals surface area contributed by atoms with Crippen molar-refractivity contribution in [3.63, 3.8) is 0 Å². The van der Waals surface area contributed by atoms with Gasteiger partial charge in [0.25, 0.3) is 5.92 Å². The number of rotatable bonds is 4. The molecule has 0 aliphatic heterocycles. The molecule has 0 saturated heterocycles. The lowest BCUT2D eigenvalue weighted by Crippen LogP contribution is -2.63. The van der Waals surface area contributed by atoms with Gasteiger partial charge in [-0.2, -0.15) is 0 Å². The summed E-state index contributed by atoms with van der Waals surface area (Å²) in [5.74, 6) is -3.74. The Kier molecular flexibility index (Phi) is 5.09. The Morgan fingerprint density at radius 3 is 2.13 bits per heavy atom. The van der Waals surface area contributed by atoms with Crippen molar-refractivity contribution in [1.29, 1.82) is 0 Å². The number of alkyl halides is 2. The Bertz CT molecular complexity index is 936. The van der Waals surface area contributed by atoms with Gasteiger partial charge in [0.2, 0.25) is 0 Å². The second-order valence-electron chi connectivity index (χ2n) is 7.82. The number of fused-ring (bicyclic) bond motifs is 3. The Balaban J connectivity index is 1.73. The van der Waals surface area contributed by atoms with Crippen molar-refractivity contribution in [2.75, 3.05) is 6.54 Å². The molecule has 2 amide bonds. The lowest BCUT2D eigenvalue weighted by atomic mass is 9.85. The average molecular weight is 416 g/mol. The highest BCUT2D eigenvalue weighted by molar-refractivity contribution is 5.79. The summed E-state index contributed by atoms with van der Waals surface area (Å²) in [6, 6.07) is 12.1. The first-order valence-electron chi connectivity index (χ1n) is 9.84. The predicted molar refractivity (Wildman–Crippen MR) is 106 cm³/mol. The molecule has 0 spiro atoms. The van der Waals surface area contributed by atoms with Crippen LogP contribution < -0.4 is 5.32 Å². The molecule has 1 fully saturated rings. The summed E-state index contributed by atoms with van der Waals surface area (Å²) in [7, 11) is 0. The summed E-state index contributed by atoms with van der Waals surface area (Å²) < 4.78 is 29.8. The van der Waals surface area contributed by atoms with Crippen molar-refractivity contribution < 1.29 is 28.6 Å². The van der Waals surface area contributed by atoms with Crippen LogP contribution in [0.25, 0.3) is 11.1 Å². The first-order valence-corrected chi connectivity index (χ1v) is 9.84. The number of nitrogens with zero attached hydrogens (tertiary/aromatic N) is 1. The van der Waals surface area contributed by atoms with Gasteiger partial charge in [-0.25, -0.2) is 18.4 Å². The van der Waals surface area contributed by atoms with Crippen molar-refractivity contribution in [3.05, 3.63) is 59.7 Å². The van der Waals surface area contributed by atoms with Gasteiger partial charge in [0, 0.05) is 18.9 Å². The van der Waals surface area contributed by atoms with Gasteiger partial charge in [-0.15, -0.1) is 0 Å². The number of carbonyl (C=O) groups is 2. The Labute approximate surface area is 172 Å². The van der Waals surface area contributed by atoms with Gasteiger partial charge < -0.3 is 15.5 Å². The fourth-order valence-electron chi connectivity index (χ4n) is 4.88. The minimum absolute atomic E-state index is 0.122. The quantitative estimate of drug-likeness (QED) is 0.679. The third kappa shape index (κ3) is 3.46. The molecular weight excluding hydrogens is 394 g/mol. The normalized spacial score (nSPS) is 22.1. The zero-order chi connectivity index (χ0) is 21.5. The van der Waals surface area contributed by atoms with Gasteiger partial charge in [0.1, 0.15) is 6.04 Å². The summed E-state index contributed by atoms with van der Waals surface area (Å²) in [5, 5.41) is 21.1. The molecule has 2 aliphatic rings. The number of nitrogens with one attached hydrogen (secondary N) is 1. The second-order valence-corrected chi connectivity index (χ2v) is 7.82. The molecule has 3 N–H and O–H groups in total. The van der Waals surface area contributed by atoms with Crippen molar-refractivity contribution >= 4 is 12.2 Å². The number of hydrogen-bond donors (Lipinski definition) is 3. The van der Waals surface area contributed by atoms with Crippen LogP contribution in [-0.4, -0.2) is 51.9 Å². The number of carboxylic acid groups (broad SMARTS) is 2. The number of halogens is 2. The molecule has 6 nitrogen and oxygen atoms in total. The Hall–Kier alpha value is -3.16. The minimum Gasteiger partial charge on any atom is -0.465 e. The maximum Gasteiger partial charge on any atom is 0.407 e. The largest absolute Gasteiger partial charge is 0.465 e. The summed E-state index contributed by atoms with van der Waals surface area (Å²) in [6.45, 7) is -0.179. The summed E-state index contributed by atoms with van der Waals surface area (Å²) in [5.41, 5.74) is 3.68. The molecule has 0 heterocycles. The van der Waals surface area contributed by atoms with Gasteiger partial charge in [0.15, 0.2) is 0 Å². The fraction of sp³-hybridized carbons (Fsp3) is 0.364. The average Bonchev–Trinajstić information content (AvgIpc) is 3.00. The maximum atomic E-state index is 14.9. The standard InChI is InChI=1S/C22H22F2N2O4/c23-22(24)11-5-10-18(25-20(27)28)19(22)26(21(29)30)12-17-15-8-3-1-6-13(15)14-7-2-4-9-16(14)17/h1-4,6-9,17-19,25H,5,10-12H2,(H,27,28)(H,29,30)/t18-,19+/m0/s1. The lowest BCUT2D eigenvalue weighted by molar-refractivity contribution is -0.110. The molecular formula is C22H22F2N2O4. The molecule has 2 aliphatic carbocycles. The smallest absolute Gasteiger partial charge is 0.407 e.